The summed E-state index contributed by atoms with van der Waals surface area (Å²) in [5, 5.41) is 11.4. The molecule has 4 amide bonds. The molecule has 11 nitrogen and oxygen atoms in total. The molecule has 2 heterocycles. The fraction of sp³-hybridized carbons (Fsp3) is 0.375. The Kier molecular flexibility index (Phi) is 11.0. The number of carbonyl (C=O) groups is 4. The quantitative estimate of drug-likeness (QED) is 0.278. The zero-order valence-electron chi connectivity index (χ0n) is 22.1. The van der Waals surface area contributed by atoms with Crippen LogP contribution in [0, 0.1) is 0 Å². The van der Waals surface area contributed by atoms with Crippen molar-refractivity contribution in [3.05, 3.63) is 48.3 Å². The molecule has 1 aliphatic rings. The van der Waals surface area contributed by atoms with E-state index in [1.165, 1.54) is 31.1 Å². The largest absolute Gasteiger partial charge is 0.573 e. The van der Waals surface area contributed by atoms with Crippen LogP contribution >= 0.6 is 0 Å². The van der Waals surface area contributed by atoms with Gasteiger partial charge < -0.3 is 25.4 Å². The van der Waals surface area contributed by atoms with Gasteiger partial charge in [0.1, 0.15) is 5.54 Å². The van der Waals surface area contributed by atoms with E-state index in [2.05, 4.69) is 20.4 Å². The molecule has 1 aliphatic heterocycles. The minimum atomic E-state index is -5.11. The van der Waals surface area contributed by atoms with Crippen molar-refractivity contribution >= 4 is 35.2 Å². The number of carboxylic acids is 1. The number of amides is 4. The third kappa shape index (κ3) is 9.76. The first-order chi connectivity index (χ1) is 19.7. The van der Waals surface area contributed by atoms with Crippen molar-refractivity contribution < 1.29 is 64.1 Å². The van der Waals surface area contributed by atoms with Crippen molar-refractivity contribution in [1.82, 2.24) is 15.2 Å². The van der Waals surface area contributed by atoms with Crippen LogP contribution in [0.4, 0.5) is 51.3 Å². The highest BCUT2D eigenvalue weighted by Gasteiger charge is 2.52. The third-order valence-electron chi connectivity index (χ3n) is 5.46. The molecule has 19 heteroatoms. The maximum atomic E-state index is 13.2. The second kappa shape index (κ2) is 13.6. The van der Waals surface area contributed by atoms with E-state index >= 15 is 0 Å². The van der Waals surface area contributed by atoms with Crippen molar-refractivity contribution in [1.29, 1.82) is 0 Å². The highest BCUT2D eigenvalue weighted by molar-refractivity contribution is 6.23. The molecule has 236 valence electrons. The highest BCUT2D eigenvalue weighted by atomic mass is 19.4. The van der Waals surface area contributed by atoms with Gasteiger partial charge >= 0.3 is 24.5 Å². The number of anilines is 2. The first-order valence-corrected chi connectivity index (χ1v) is 11.8. The standard InChI is InChI=1S/C22H22F5N5O4.C2HF3O2/c1-21(2)19(34)32(20(35)31(21)12-13-5-7-28-8-6-13)14-3-4-16(36-22(25,26)27)15(9-14)30-18(33)11-29-10-17(23)24;3-2(4,5)1(6)7/h3-9,17,29H,10-12H2,1-2H3,(H,30,33);(H,6,7). The molecule has 1 saturated heterocycles. The van der Waals surface area contributed by atoms with Crippen molar-refractivity contribution in [2.45, 2.75) is 44.9 Å². The van der Waals surface area contributed by atoms with Gasteiger partial charge in [-0.1, -0.05) is 0 Å². The highest BCUT2D eigenvalue weighted by Crippen LogP contribution is 2.38. The Morgan fingerprint density at radius 2 is 1.63 bits per heavy atom. The maximum absolute atomic E-state index is 13.2. The Hall–Kier alpha value is -4.55. The monoisotopic (exact) mass is 629 g/mol. The Bertz CT molecular complexity index is 1320. The molecule has 1 aromatic carbocycles. The van der Waals surface area contributed by atoms with Crippen LogP contribution in [0.1, 0.15) is 19.4 Å². The lowest BCUT2D eigenvalue weighted by Gasteiger charge is -2.27. The van der Waals surface area contributed by atoms with E-state index in [1.54, 1.807) is 12.1 Å². The van der Waals surface area contributed by atoms with Crippen molar-refractivity contribution in [3.63, 3.8) is 0 Å². The smallest absolute Gasteiger partial charge is 0.475 e. The number of imide groups is 1. The average molecular weight is 629 g/mol. The van der Waals surface area contributed by atoms with Crippen LogP contribution in [0.2, 0.25) is 0 Å². The first kappa shape index (κ1) is 34.7. The number of rotatable bonds is 9. The Labute approximate surface area is 237 Å². The van der Waals surface area contributed by atoms with Gasteiger partial charge in [0.15, 0.2) is 5.75 Å². The van der Waals surface area contributed by atoms with E-state index in [4.69, 9.17) is 9.90 Å². The van der Waals surface area contributed by atoms with E-state index in [1.807, 2.05) is 0 Å². The lowest BCUT2D eigenvalue weighted by atomic mass is 10.0. The minimum Gasteiger partial charge on any atom is -0.475 e. The normalized spacial score (nSPS) is 14.9. The summed E-state index contributed by atoms with van der Waals surface area (Å²) in [5.41, 5.74) is -1.25. The Morgan fingerprint density at radius 3 is 2.14 bits per heavy atom. The number of benzene rings is 1. The molecule has 3 rings (SSSR count). The van der Waals surface area contributed by atoms with Gasteiger partial charge in [0.25, 0.3) is 12.3 Å². The molecule has 0 unspecified atom stereocenters. The van der Waals surface area contributed by atoms with Gasteiger partial charge in [-0.05, 0) is 49.7 Å². The zero-order valence-corrected chi connectivity index (χ0v) is 22.1. The fourth-order valence-electron chi connectivity index (χ4n) is 3.46. The number of pyridine rings is 1. The third-order valence-corrected chi connectivity index (χ3v) is 5.46. The number of hydrogen-bond acceptors (Lipinski definition) is 7. The summed E-state index contributed by atoms with van der Waals surface area (Å²) in [5.74, 6) is -5.17. The number of carboxylic acid groups (broad SMARTS) is 1. The number of aromatic nitrogens is 1. The summed E-state index contributed by atoms with van der Waals surface area (Å²) >= 11 is 0. The number of urea groups is 1. The molecule has 1 fully saturated rings. The molecule has 2 aromatic rings. The SMILES string of the molecule is CC1(C)C(=O)N(c2ccc(OC(F)(F)F)c(NC(=O)CNCC(F)F)c2)C(=O)N1Cc1ccncc1.O=C(O)C(F)(F)F. The summed E-state index contributed by atoms with van der Waals surface area (Å²) in [4.78, 5) is 53.4. The molecular weight excluding hydrogens is 606 g/mol. The van der Waals surface area contributed by atoms with Gasteiger partial charge in [-0.15, -0.1) is 13.2 Å². The van der Waals surface area contributed by atoms with Gasteiger partial charge in [0, 0.05) is 18.9 Å². The van der Waals surface area contributed by atoms with Crippen molar-refractivity contribution in [3.8, 4) is 5.75 Å². The Balaban J connectivity index is 0.000000821. The number of halogens is 8. The maximum Gasteiger partial charge on any atom is 0.573 e. The minimum absolute atomic E-state index is 0.0608. The number of aliphatic carboxylic acids is 1. The first-order valence-electron chi connectivity index (χ1n) is 11.8. The summed E-state index contributed by atoms with van der Waals surface area (Å²) in [6.07, 6.45) is -9.90. The summed E-state index contributed by atoms with van der Waals surface area (Å²) in [7, 11) is 0. The van der Waals surface area contributed by atoms with Crippen molar-refractivity contribution in [2.75, 3.05) is 23.3 Å². The number of alkyl halides is 8. The zero-order chi connectivity index (χ0) is 32.8. The van der Waals surface area contributed by atoms with Gasteiger partial charge in [-0.2, -0.15) is 13.2 Å². The molecule has 0 aliphatic carbocycles. The van der Waals surface area contributed by atoms with E-state index in [0.717, 1.165) is 23.1 Å². The van der Waals surface area contributed by atoms with Crippen LogP contribution < -0.4 is 20.3 Å². The van der Waals surface area contributed by atoms with Crippen LogP contribution in [0.15, 0.2) is 42.7 Å². The Morgan fingerprint density at radius 1 is 1.05 bits per heavy atom. The number of hydrogen-bond donors (Lipinski definition) is 3. The van der Waals surface area contributed by atoms with Crippen molar-refractivity contribution in [2.24, 2.45) is 0 Å². The van der Waals surface area contributed by atoms with Crippen LogP contribution in [0.5, 0.6) is 5.75 Å². The molecule has 0 spiro atoms. The summed E-state index contributed by atoms with van der Waals surface area (Å²) in [6, 6.07) is 5.46. The molecule has 0 radical (unpaired) electrons. The molecule has 3 N–H and O–H groups in total. The predicted molar refractivity (Wildman–Crippen MR) is 131 cm³/mol. The molecule has 0 bridgehead atoms. The molecule has 43 heavy (non-hydrogen) atoms. The van der Waals surface area contributed by atoms with E-state index in [0.29, 0.717) is 5.56 Å². The predicted octanol–water partition coefficient (Wildman–Crippen LogP) is 4.15. The van der Waals surface area contributed by atoms with E-state index < -0.39 is 72.8 Å². The van der Waals surface area contributed by atoms with E-state index in [9.17, 15) is 49.5 Å². The van der Waals surface area contributed by atoms with E-state index in [-0.39, 0.29) is 12.2 Å². The van der Waals surface area contributed by atoms with Gasteiger partial charge in [-0.3, -0.25) is 14.6 Å². The number of nitrogens with zero attached hydrogens (tertiary/aromatic N) is 3. The lowest BCUT2D eigenvalue weighted by molar-refractivity contribution is -0.274. The van der Waals surface area contributed by atoms with Crippen LogP contribution in [0.3, 0.4) is 0 Å². The topological polar surface area (TPSA) is 141 Å². The summed E-state index contributed by atoms with van der Waals surface area (Å²) in [6.45, 7) is 1.66. The molecule has 0 atom stereocenters. The van der Waals surface area contributed by atoms with Gasteiger partial charge in [-0.25, -0.2) is 23.3 Å². The number of nitrogens with one attached hydrogen (secondary N) is 2. The summed E-state index contributed by atoms with van der Waals surface area (Å²) < 4.78 is 98.8. The lowest BCUT2D eigenvalue weighted by Crippen LogP contribution is -2.43. The van der Waals surface area contributed by atoms with Crippen LogP contribution in [-0.4, -0.2) is 76.4 Å². The van der Waals surface area contributed by atoms with Crippen LogP contribution in [0.25, 0.3) is 0 Å². The average Bonchev–Trinajstić information content (AvgIpc) is 3.03. The molecule has 0 saturated carbocycles. The molecular formula is C24H23F8N5O6. The number of carbonyl (C=O) groups excluding carboxylic acids is 3. The van der Waals surface area contributed by atoms with Gasteiger partial charge in [0.2, 0.25) is 5.91 Å². The molecule has 1 aromatic heterocycles. The van der Waals surface area contributed by atoms with Gasteiger partial charge in [0.05, 0.1) is 24.5 Å². The van der Waals surface area contributed by atoms with Crippen LogP contribution in [-0.2, 0) is 20.9 Å². The second-order valence-corrected chi connectivity index (χ2v) is 9.03. The fourth-order valence-corrected chi connectivity index (χ4v) is 3.46. The second-order valence-electron chi connectivity index (χ2n) is 9.03. The number of ether oxygens (including phenoxy) is 1.